The van der Waals surface area contributed by atoms with Crippen LogP contribution in [0.2, 0.25) is 0 Å². The highest BCUT2D eigenvalue weighted by Gasteiger charge is 2.39. The van der Waals surface area contributed by atoms with Crippen LogP contribution < -0.4 is 4.90 Å². The van der Waals surface area contributed by atoms with Crippen molar-refractivity contribution in [2.45, 2.75) is 29.1 Å². The number of rotatable bonds is 2. The van der Waals surface area contributed by atoms with Crippen LogP contribution in [-0.2, 0) is 5.41 Å². The van der Waals surface area contributed by atoms with E-state index in [0.717, 1.165) is 11.4 Å². The number of aromatic nitrogens is 1. The molecular weight excluding hydrogens is 777 g/mol. The molecule has 12 aromatic rings. The zero-order valence-corrected chi connectivity index (χ0v) is 35.2. The molecule has 0 atom stereocenters. The van der Waals surface area contributed by atoms with E-state index < -0.39 is 0 Å². The van der Waals surface area contributed by atoms with Crippen molar-refractivity contribution in [3.63, 3.8) is 0 Å². The van der Waals surface area contributed by atoms with E-state index in [-0.39, 0.29) is 5.41 Å². The van der Waals surface area contributed by atoms with Gasteiger partial charge in [-0.25, -0.2) is 0 Å². The van der Waals surface area contributed by atoms with E-state index in [1.807, 2.05) is 23.1 Å². The van der Waals surface area contributed by atoms with Crippen LogP contribution in [0, 0.1) is 0 Å². The Hall–Kier alpha value is -6.85. The summed E-state index contributed by atoms with van der Waals surface area (Å²) in [6.45, 7) is 4.84. The largest absolute Gasteiger partial charge is 0.308 e. The van der Waals surface area contributed by atoms with E-state index >= 15 is 0 Å². The van der Waals surface area contributed by atoms with Crippen LogP contribution in [0.5, 0.6) is 0 Å². The summed E-state index contributed by atoms with van der Waals surface area (Å²) < 4.78 is 5.16. The Balaban J connectivity index is 0.992. The van der Waals surface area contributed by atoms with E-state index in [2.05, 4.69) is 205 Å². The predicted molar refractivity (Wildman–Crippen MR) is 263 cm³/mol. The quantitative estimate of drug-likeness (QED) is 0.161. The van der Waals surface area contributed by atoms with Crippen LogP contribution in [0.1, 0.15) is 25.0 Å². The first kappa shape index (κ1) is 33.9. The first-order valence-electron chi connectivity index (χ1n) is 21.1. The van der Waals surface area contributed by atoms with E-state index in [1.165, 1.54) is 118 Å². The molecule has 0 fully saturated rings. The maximum Gasteiger partial charge on any atom is 0.0719 e. The van der Waals surface area contributed by atoms with Crippen LogP contribution in [0.4, 0.5) is 17.1 Å². The van der Waals surface area contributed by atoms with Crippen LogP contribution in [-0.4, -0.2) is 4.57 Å². The van der Waals surface area contributed by atoms with Crippen molar-refractivity contribution in [2.24, 2.45) is 0 Å². The van der Waals surface area contributed by atoms with Gasteiger partial charge >= 0.3 is 0 Å². The molecule has 286 valence electrons. The van der Waals surface area contributed by atoms with Gasteiger partial charge in [0, 0.05) is 52.8 Å². The molecule has 0 spiro atoms. The molecule has 14 rings (SSSR count). The first-order valence-corrected chi connectivity index (χ1v) is 22.7. The molecule has 0 unspecified atom stereocenters. The van der Waals surface area contributed by atoms with Crippen molar-refractivity contribution in [1.29, 1.82) is 0 Å². The van der Waals surface area contributed by atoms with Crippen molar-refractivity contribution in [3.05, 3.63) is 193 Å². The maximum absolute atomic E-state index is 2.52. The highest BCUT2D eigenvalue weighted by Crippen LogP contribution is 2.58. The molecule has 3 heterocycles. The van der Waals surface area contributed by atoms with Crippen LogP contribution in [0.3, 0.4) is 0 Å². The third kappa shape index (κ3) is 4.53. The van der Waals surface area contributed by atoms with Crippen molar-refractivity contribution in [3.8, 4) is 16.8 Å². The number of thiophene rings is 1. The monoisotopic (exact) mass is 812 g/mol. The van der Waals surface area contributed by atoms with Crippen molar-refractivity contribution in [2.75, 3.05) is 4.90 Å². The van der Waals surface area contributed by atoms with Gasteiger partial charge < -0.3 is 9.47 Å². The van der Waals surface area contributed by atoms with Gasteiger partial charge in [0.05, 0.1) is 27.1 Å². The fraction of sp³-hybridized carbons (Fsp3) is 0.0526. The average molecular weight is 813 g/mol. The normalized spacial score (nSPS) is 14.1. The Morgan fingerprint density at radius 2 is 1.02 bits per heavy atom. The van der Waals surface area contributed by atoms with Crippen molar-refractivity contribution >= 4 is 114 Å². The first-order chi connectivity index (χ1) is 30.0. The minimum atomic E-state index is -0.200. The second-order valence-electron chi connectivity index (χ2n) is 17.2. The molecule has 1 aliphatic heterocycles. The predicted octanol–water partition coefficient (Wildman–Crippen LogP) is 16.9. The Morgan fingerprint density at radius 1 is 0.410 bits per heavy atom. The molecule has 4 heteroatoms. The van der Waals surface area contributed by atoms with Gasteiger partial charge in [0.25, 0.3) is 0 Å². The standard InChI is InChI=1S/C57H36N2S2/c1-57(2)47-30-44-38-19-6-4-17-36(38)35-16-3-5-18-37(35)43(44)29-45(47)46-31-54-51(32-48(46)57)58(50-23-10-12-25-53(50)60-54)33-14-13-15-34(28-33)59-49-22-9-7-20-39(49)41-26-27-42-40-21-8-11-24-52(40)61-56(42)55(41)59/h3-32H,1-2H3. The smallest absolute Gasteiger partial charge is 0.0719 e. The molecule has 2 aromatic heterocycles. The molecule has 0 bridgehead atoms. The summed E-state index contributed by atoms with van der Waals surface area (Å²) in [5.41, 5.74) is 12.5. The summed E-state index contributed by atoms with van der Waals surface area (Å²) in [6, 6.07) is 68.4. The fourth-order valence-electron chi connectivity index (χ4n) is 10.9. The van der Waals surface area contributed by atoms with Gasteiger partial charge in [0.1, 0.15) is 0 Å². The molecule has 0 N–H and O–H groups in total. The third-order valence-corrected chi connectivity index (χ3v) is 16.0. The Morgan fingerprint density at radius 3 is 1.82 bits per heavy atom. The van der Waals surface area contributed by atoms with Gasteiger partial charge in [0.2, 0.25) is 0 Å². The molecule has 2 nitrogen and oxygen atoms in total. The Bertz CT molecular complexity index is 3900. The zero-order valence-electron chi connectivity index (χ0n) is 33.5. The number of anilines is 3. The molecule has 2 aliphatic rings. The molecular formula is C57H36N2S2. The Kier molecular flexibility index (Phi) is 6.75. The number of hydrogen-bond donors (Lipinski definition) is 0. The van der Waals surface area contributed by atoms with E-state index in [1.54, 1.807) is 0 Å². The molecule has 1 aliphatic carbocycles. The molecule has 0 saturated heterocycles. The van der Waals surface area contributed by atoms with Gasteiger partial charge in [-0.2, -0.15) is 0 Å². The number of hydrogen-bond acceptors (Lipinski definition) is 3. The SMILES string of the molecule is CC1(C)c2cc3c(cc2-c2cc4c5ccccc5c5ccccc5c4cc21)Sc1ccccc1N3c1cccc(-n2c3ccccc3c3ccc4c5ccccc5sc4c32)c1. The topological polar surface area (TPSA) is 8.17 Å². The van der Waals surface area contributed by atoms with Gasteiger partial charge in [-0.1, -0.05) is 141 Å². The minimum absolute atomic E-state index is 0.200. The van der Waals surface area contributed by atoms with E-state index in [4.69, 9.17) is 0 Å². The molecule has 10 aromatic carbocycles. The minimum Gasteiger partial charge on any atom is -0.308 e. The molecule has 0 amide bonds. The van der Waals surface area contributed by atoms with Crippen LogP contribution >= 0.6 is 23.1 Å². The number of benzene rings is 10. The van der Waals surface area contributed by atoms with Crippen molar-refractivity contribution < 1.29 is 0 Å². The average Bonchev–Trinajstić information content (AvgIpc) is 3.92. The summed E-state index contributed by atoms with van der Waals surface area (Å²) in [4.78, 5) is 5.06. The lowest BCUT2D eigenvalue weighted by Gasteiger charge is -2.34. The van der Waals surface area contributed by atoms with Gasteiger partial charge in [-0.3, -0.25) is 0 Å². The van der Waals surface area contributed by atoms with Crippen LogP contribution in [0.15, 0.2) is 192 Å². The third-order valence-electron chi connectivity index (χ3n) is 13.7. The van der Waals surface area contributed by atoms with E-state index in [9.17, 15) is 0 Å². The lowest BCUT2D eigenvalue weighted by molar-refractivity contribution is 0.661. The highest BCUT2D eigenvalue weighted by molar-refractivity contribution is 7.99. The fourth-order valence-corrected chi connectivity index (χ4v) is 13.2. The van der Waals surface area contributed by atoms with E-state index in [0.29, 0.717) is 0 Å². The van der Waals surface area contributed by atoms with Crippen molar-refractivity contribution in [1.82, 2.24) is 4.57 Å². The summed E-state index contributed by atoms with van der Waals surface area (Å²) in [6.07, 6.45) is 0. The second kappa shape index (κ2) is 12.1. The lowest BCUT2D eigenvalue weighted by atomic mass is 9.81. The number of fused-ring (bicyclic) bond motifs is 18. The van der Waals surface area contributed by atoms with Gasteiger partial charge in [0.15, 0.2) is 0 Å². The lowest BCUT2D eigenvalue weighted by Crippen LogP contribution is -2.18. The maximum atomic E-state index is 2.52. The Labute approximate surface area is 360 Å². The molecule has 0 saturated carbocycles. The van der Waals surface area contributed by atoms with Crippen LogP contribution in [0.25, 0.3) is 91.1 Å². The molecule has 61 heavy (non-hydrogen) atoms. The highest BCUT2D eigenvalue weighted by atomic mass is 32.2. The summed E-state index contributed by atoms with van der Waals surface area (Å²) in [5.74, 6) is 0. The summed E-state index contributed by atoms with van der Waals surface area (Å²) in [7, 11) is 0. The van der Waals surface area contributed by atoms with Gasteiger partial charge in [-0.15, -0.1) is 11.3 Å². The summed E-state index contributed by atoms with van der Waals surface area (Å²) in [5, 5.41) is 13.1. The van der Waals surface area contributed by atoms with Gasteiger partial charge in [-0.05, 0) is 121 Å². The molecule has 0 radical (unpaired) electrons. The second-order valence-corrected chi connectivity index (χ2v) is 19.4. The summed E-state index contributed by atoms with van der Waals surface area (Å²) >= 11 is 3.80. The number of nitrogens with zero attached hydrogens (tertiary/aromatic N) is 2. The number of para-hydroxylation sites is 2. The zero-order chi connectivity index (χ0) is 40.1.